The summed E-state index contributed by atoms with van der Waals surface area (Å²) in [5.41, 5.74) is 6.45. The molecule has 1 saturated heterocycles. The summed E-state index contributed by atoms with van der Waals surface area (Å²) in [5.74, 6) is 0.105. The molecular formula is C18H28N2O2. The van der Waals surface area contributed by atoms with Gasteiger partial charge >= 0.3 is 0 Å². The average Bonchev–Trinajstić information content (AvgIpc) is 2.59. The predicted molar refractivity (Wildman–Crippen MR) is 88.7 cm³/mol. The third kappa shape index (κ3) is 3.87. The van der Waals surface area contributed by atoms with Crippen LogP contribution in [0.25, 0.3) is 0 Å². The van der Waals surface area contributed by atoms with Gasteiger partial charge in [0, 0.05) is 25.8 Å². The van der Waals surface area contributed by atoms with Crippen LogP contribution in [-0.4, -0.2) is 31.7 Å². The minimum Gasteiger partial charge on any atom is -0.381 e. The molecule has 1 unspecified atom stereocenters. The Labute approximate surface area is 133 Å². The normalized spacial score (nSPS) is 18.6. The molecule has 0 saturated carbocycles. The Morgan fingerprint density at radius 2 is 2.00 bits per heavy atom. The molecule has 3 N–H and O–H groups in total. The van der Waals surface area contributed by atoms with Crippen molar-refractivity contribution in [3.63, 3.8) is 0 Å². The van der Waals surface area contributed by atoms with Gasteiger partial charge in [0.1, 0.15) is 0 Å². The molecule has 4 nitrogen and oxygen atoms in total. The molecule has 4 heteroatoms. The first-order chi connectivity index (χ1) is 10.7. The number of carbonyl (C=O) groups is 1. The summed E-state index contributed by atoms with van der Waals surface area (Å²) in [6.07, 6.45) is 4.61. The quantitative estimate of drug-likeness (QED) is 0.813. The summed E-state index contributed by atoms with van der Waals surface area (Å²) in [4.78, 5) is 13.0. The van der Waals surface area contributed by atoms with E-state index >= 15 is 0 Å². The van der Waals surface area contributed by atoms with Crippen molar-refractivity contribution in [1.29, 1.82) is 0 Å². The Bertz CT molecular complexity index is 455. The van der Waals surface area contributed by atoms with E-state index in [1.807, 2.05) is 30.3 Å². The number of amides is 1. The standard InChI is InChI=1S/C18H28N2O2/c1-2-3-9-16(14-19)20-17(21)18(10-12-22-13-11-18)15-7-5-4-6-8-15/h4-8,16H,2-3,9-14,19H2,1H3,(H,20,21). The molecule has 0 spiro atoms. The van der Waals surface area contributed by atoms with Gasteiger partial charge in [0.25, 0.3) is 0 Å². The second-order valence-electron chi connectivity index (χ2n) is 6.11. The van der Waals surface area contributed by atoms with Crippen molar-refractivity contribution in [2.45, 2.75) is 50.5 Å². The molecule has 1 atom stereocenters. The first-order valence-electron chi connectivity index (χ1n) is 8.37. The van der Waals surface area contributed by atoms with Gasteiger partial charge in [-0.15, -0.1) is 0 Å². The largest absolute Gasteiger partial charge is 0.381 e. The zero-order chi connectivity index (χ0) is 15.8. The van der Waals surface area contributed by atoms with Crippen LogP contribution in [0.2, 0.25) is 0 Å². The monoisotopic (exact) mass is 304 g/mol. The van der Waals surface area contributed by atoms with Gasteiger partial charge in [-0.2, -0.15) is 0 Å². The number of hydrogen-bond acceptors (Lipinski definition) is 3. The van der Waals surface area contributed by atoms with Crippen LogP contribution in [0.1, 0.15) is 44.6 Å². The van der Waals surface area contributed by atoms with Crippen molar-refractivity contribution in [3.8, 4) is 0 Å². The number of hydrogen-bond donors (Lipinski definition) is 2. The average molecular weight is 304 g/mol. The van der Waals surface area contributed by atoms with Crippen LogP contribution in [0.4, 0.5) is 0 Å². The first kappa shape index (κ1) is 17.0. The number of benzene rings is 1. The molecule has 1 aromatic carbocycles. The van der Waals surface area contributed by atoms with Gasteiger partial charge in [-0.1, -0.05) is 50.1 Å². The van der Waals surface area contributed by atoms with E-state index in [1.54, 1.807) is 0 Å². The third-order valence-corrected chi connectivity index (χ3v) is 4.63. The van der Waals surface area contributed by atoms with Crippen LogP contribution in [0, 0.1) is 0 Å². The van der Waals surface area contributed by atoms with Crippen molar-refractivity contribution >= 4 is 5.91 Å². The van der Waals surface area contributed by atoms with Crippen molar-refractivity contribution in [3.05, 3.63) is 35.9 Å². The van der Waals surface area contributed by atoms with Gasteiger partial charge in [-0.05, 0) is 24.8 Å². The maximum Gasteiger partial charge on any atom is 0.231 e. The van der Waals surface area contributed by atoms with Gasteiger partial charge in [0.2, 0.25) is 5.91 Å². The molecule has 1 fully saturated rings. The summed E-state index contributed by atoms with van der Waals surface area (Å²) in [7, 11) is 0. The lowest BCUT2D eigenvalue weighted by Gasteiger charge is -2.37. The molecule has 1 aliphatic heterocycles. The number of unbranched alkanes of at least 4 members (excludes halogenated alkanes) is 1. The molecule has 0 bridgehead atoms. The highest BCUT2D eigenvalue weighted by molar-refractivity contribution is 5.88. The molecule has 1 heterocycles. The van der Waals surface area contributed by atoms with Crippen molar-refractivity contribution < 1.29 is 9.53 Å². The van der Waals surface area contributed by atoms with Crippen LogP contribution >= 0.6 is 0 Å². The van der Waals surface area contributed by atoms with E-state index in [9.17, 15) is 4.79 Å². The number of rotatable bonds is 7. The Hall–Kier alpha value is -1.39. The highest BCUT2D eigenvalue weighted by Crippen LogP contribution is 2.35. The number of nitrogens with two attached hydrogens (primary N) is 1. The van der Waals surface area contributed by atoms with Gasteiger partial charge < -0.3 is 15.8 Å². The summed E-state index contributed by atoms with van der Waals surface area (Å²) >= 11 is 0. The maximum absolute atomic E-state index is 13.0. The molecule has 1 aliphatic rings. The van der Waals surface area contributed by atoms with Crippen LogP contribution < -0.4 is 11.1 Å². The molecule has 22 heavy (non-hydrogen) atoms. The molecule has 1 aromatic rings. The van der Waals surface area contributed by atoms with E-state index < -0.39 is 5.41 Å². The molecule has 0 aliphatic carbocycles. The van der Waals surface area contributed by atoms with E-state index in [0.717, 1.165) is 37.7 Å². The lowest BCUT2D eigenvalue weighted by atomic mass is 9.73. The van der Waals surface area contributed by atoms with E-state index in [-0.39, 0.29) is 11.9 Å². The Morgan fingerprint density at radius 1 is 1.32 bits per heavy atom. The fourth-order valence-electron chi connectivity index (χ4n) is 3.15. The number of ether oxygens (including phenoxy) is 1. The highest BCUT2D eigenvalue weighted by Gasteiger charge is 2.42. The number of nitrogens with one attached hydrogen (secondary N) is 1. The number of carbonyl (C=O) groups excluding carboxylic acids is 1. The van der Waals surface area contributed by atoms with E-state index in [0.29, 0.717) is 19.8 Å². The van der Waals surface area contributed by atoms with Gasteiger partial charge in [0.05, 0.1) is 5.41 Å². The summed E-state index contributed by atoms with van der Waals surface area (Å²) in [5, 5.41) is 3.19. The summed E-state index contributed by atoms with van der Waals surface area (Å²) in [6.45, 7) is 3.90. The molecule has 1 amide bonds. The molecule has 0 radical (unpaired) electrons. The molecule has 2 rings (SSSR count). The molecule has 0 aromatic heterocycles. The second-order valence-corrected chi connectivity index (χ2v) is 6.11. The predicted octanol–water partition coefficient (Wildman–Crippen LogP) is 2.37. The topological polar surface area (TPSA) is 64.3 Å². The first-order valence-corrected chi connectivity index (χ1v) is 8.37. The van der Waals surface area contributed by atoms with Crippen molar-refractivity contribution in [1.82, 2.24) is 5.32 Å². The zero-order valence-corrected chi connectivity index (χ0v) is 13.5. The van der Waals surface area contributed by atoms with E-state index in [4.69, 9.17) is 10.5 Å². The molecular weight excluding hydrogens is 276 g/mol. The zero-order valence-electron chi connectivity index (χ0n) is 13.5. The smallest absolute Gasteiger partial charge is 0.231 e. The van der Waals surface area contributed by atoms with Gasteiger partial charge in [-0.3, -0.25) is 4.79 Å². The minimum absolute atomic E-state index is 0.0656. The van der Waals surface area contributed by atoms with Crippen LogP contribution in [0.5, 0.6) is 0 Å². The van der Waals surface area contributed by atoms with Crippen molar-refractivity contribution in [2.75, 3.05) is 19.8 Å². The lowest BCUT2D eigenvalue weighted by molar-refractivity contribution is -0.131. The van der Waals surface area contributed by atoms with Crippen LogP contribution in [0.15, 0.2) is 30.3 Å². The Morgan fingerprint density at radius 3 is 2.59 bits per heavy atom. The van der Waals surface area contributed by atoms with Gasteiger partial charge in [0.15, 0.2) is 0 Å². The van der Waals surface area contributed by atoms with Crippen molar-refractivity contribution in [2.24, 2.45) is 5.73 Å². The van der Waals surface area contributed by atoms with E-state index in [2.05, 4.69) is 12.2 Å². The van der Waals surface area contributed by atoms with Crippen LogP contribution in [-0.2, 0) is 14.9 Å². The fourth-order valence-corrected chi connectivity index (χ4v) is 3.15. The Balaban J connectivity index is 2.16. The second kappa shape index (κ2) is 8.30. The minimum atomic E-state index is -0.473. The molecule has 122 valence electrons. The lowest BCUT2D eigenvalue weighted by Crippen LogP contribution is -2.52. The summed E-state index contributed by atoms with van der Waals surface area (Å²) < 4.78 is 5.49. The third-order valence-electron chi connectivity index (χ3n) is 4.63. The highest BCUT2D eigenvalue weighted by atomic mass is 16.5. The maximum atomic E-state index is 13.0. The fraction of sp³-hybridized carbons (Fsp3) is 0.611. The van der Waals surface area contributed by atoms with Gasteiger partial charge in [-0.25, -0.2) is 0 Å². The van der Waals surface area contributed by atoms with Crippen LogP contribution in [0.3, 0.4) is 0 Å². The van der Waals surface area contributed by atoms with E-state index in [1.165, 1.54) is 0 Å². The summed E-state index contributed by atoms with van der Waals surface area (Å²) in [6, 6.07) is 10.1. The Kier molecular flexibility index (Phi) is 6.40. The SMILES string of the molecule is CCCCC(CN)NC(=O)C1(c2ccccc2)CCOCC1.